The molecule has 17 heavy (non-hydrogen) atoms. The van der Waals surface area contributed by atoms with Gasteiger partial charge in [-0.15, -0.1) is 0 Å². The Labute approximate surface area is 112 Å². The average molecular weight is 298 g/mol. The first kappa shape index (κ1) is 12.9. The van der Waals surface area contributed by atoms with E-state index in [2.05, 4.69) is 41.2 Å². The molecule has 1 heterocycles. The van der Waals surface area contributed by atoms with Crippen molar-refractivity contribution in [1.82, 2.24) is 5.32 Å². The van der Waals surface area contributed by atoms with Crippen LogP contribution in [0.5, 0.6) is 5.75 Å². The second kappa shape index (κ2) is 5.40. The third-order valence-electron chi connectivity index (χ3n) is 3.59. The molecule has 2 rings (SSSR count). The first-order valence-corrected chi connectivity index (χ1v) is 6.96. The lowest BCUT2D eigenvalue weighted by molar-refractivity contribution is 0.401. The van der Waals surface area contributed by atoms with E-state index < -0.39 is 0 Å². The molecule has 1 aromatic carbocycles. The van der Waals surface area contributed by atoms with Crippen molar-refractivity contribution >= 4 is 15.9 Å². The molecule has 0 spiro atoms. The van der Waals surface area contributed by atoms with Crippen LogP contribution in [0.25, 0.3) is 0 Å². The smallest absolute Gasteiger partial charge is 0.136 e. The van der Waals surface area contributed by atoms with E-state index >= 15 is 0 Å². The van der Waals surface area contributed by atoms with E-state index in [1.165, 1.54) is 23.1 Å². The van der Waals surface area contributed by atoms with Gasteiger partial charge in [-0.25, -0.2) is 0 Å². The maximum atomic E-state index is 5.58. The molecule has 1 aliphatic heterocycles. The molecule has 94 valence electrons. The van der Waals surface area contributed by atoms with Gasteiger partial charge in [0, 0.05) is 0 Å². The van der Waals surface area contributed by atoms with Crippen molar-refractivity contribution in [2.75, 3.05) is 20.2 Å². The predicted octanol–water partition coefficient (Wildman–Crippen LogP) is 3.23. The van der Waals surface area contributed by atoms with Gasteiger partial charge in [-0.05, 0) is 78.3 Å². The van der Waals surface area contributed by atoms with Gasteiger partial charge in [0.2, 0.25) is 0 Å². The highest BCUT2D eigenvalue weighted by Crippen LogP contribution is 2.36. The van der Waals surface area contributed by atoms with Crippen LogP contribution in [0.1, 0.15) is 23.1 Å². The van der Waals surface area contributed by atoms with Crippen LogP contribution in [0.4, 0.5) is 0 Å². The molecular formula is C14H20BrNO. The summed E-state index contributed by atoms with van der Waals surface area (Å²) in [6.45, 7) is 6.58. The molecule has 1 N–H and O–H groups in total. The molecule has 0 aliphatic carbocycles. The Kier molecular flexibility index (Phi) is 4.10. The molecule has 2 nitrogen and oxygen atoms in total. The summed E-state index contributed by atoms with van der Waals surface area (Å²) in [5, 5.41) is 3.42. The van der Waals surface area contributed by atoms with E-state index in [4.69, 9.17) is 4.74 Å². The summed E-state index contributed by atoms with van der Waals surface area (Å²) in [5.74, 6) is 1.77. The van der Waals surface area contributed by atoms with Crippen LogP contribution in [0, 0.1) is 19.8 Å². The second-order valence-corrected chi connectivity index (χ2v) is 5.69. The van der Waals surface area contributed by atoms with Gasteiger partial charge in [0.1, 0.15) is 5.75 Å². The largest absolute Gasteiger partial charge is 0.495 e. The van der Waals surface area contributed by atoms with Crippen LogP contribution in [0.15, 0.2) is 10.5 Å². The lowest BCUT2D eigenvalue weighted by atomic mass is 9.93. The Hall–Kier alpha value is -0.540. The highest BCUT2D eigenvalue weighted by atomic mass is 79.9. The summed E-state index contributed by atoms with van der Waals surface area (Å²) in [7, 11) is 1.76. The van der Waals surface area contributed by atoms with Crippen LogP contribution >= 0.6 is 15.9 Å². The van der Waals surface area contributed by atoms with Gasteiger partial charge in [-0.2, -0.15) is 0 Å². The van der Waals surface area contributed by atoms with Gasteiger partial charge in [-0.1, -0.05) is 6.07 Å². The lowest BCUT2D eigenvalue weighted by Crippen LogP contribution is -2.12. The summed E-state index contributed by atoms with van der Waals surface area (Å²) in [5.41, 5.74) is 3.95. The summed E-state index contributed by atoms with van der Waals surface area (Å²) in [6, 6.07) is 2.24. The minimum Gasteiger partial charge on any atom is -0.495 e. The fraction of sp³-hybridized carbons (Fsp3) is 0.571. The Balaban J connectivity index is 2.33. The molecule has 0 amide bonds. The molecule has 0 aromatic heterocycles. The molecule has 3 heteroatoms. The topological polar surface area (TPSA) is 21.3 Å². The number of rotatable bonds is 3. The number of halogens is 1. The normalized spacial score (nSPS) is 19.6. The average Bonchev–Trinajstić information content (AvgIpc) is 2.79. The van der Waals surface area contributed by atoms with Crippen LogP contribution in [0.3, 0.4) is 0 Å². The standard InChI is InChI=1S/C14H20BrNO/c1-9-6-10(2)13(15)14(17-3)12(9)7-11-4-5-16-8-11/h6,11,16H,4-5,7-8H2,1-3H3. The van der Waals surface area contributed by atoms with E-state index in [1.54, 1.807) is 7.11 Å². The van der Waals surface area contributed by atoms with Crippen molar-refractivity contribution < 1.29 is 4.74 Å². The molecule has 1 saturated heterocycles. The van der Waals surface area contributed by atoms with Gasteiger partial charge in [-0.3, -0.25) is 0 Å². The molecule has 1 unspecified atom stereocenters. The second-order valence-electron chi connectivity index (χ2n) is 4.90. The molecular weight excluding hydrogens is 278 g/mol. The minimum atomic E-state index is 0.747. The van der Waals surface area contributed by atoms with Gasteiger partial charge in [0.25, 0.3) is 0 Å². The van der Waals surface area contributed by atoms with Crippen molar-refractivity contribution in [2.24, 2.45) is 5.92 Å². The maximum Gasteiger partial charge on any atom is 0.136 e. The van der Waals surface area contributed by atoms with Crippen molar-refractivity contribution in [3.8, 4) is 5.75 Å². The van der Waals surface area contributed by atoms with E-state index in [9.17, 15) is 0 Å². The molecule has 0 saturated carbocycles. The Morgan fingerprint density at radius 3 is 2.76 bits per heavy atom. The van der Waals surface area contributed by atoms with E-state index in [0.29, 0.717) is 0 Å². The van der Waals surface area contributed by atoms with Crippen LogP contribution in [0.2, 0.25) is 0 Å². The Morgan fingerprint density at radius 1 is 1.41 bits per heavy atom. The van der Waals surface area contributed by atoms with Crippen molar-refractivity contribution in [1.29, 1.82) is 0 Å². The zero-order chi connectivity index (χ0) is 12.4. The van der Waals surface area contributed by atoms with Crippen molar-refractivity contribution in [3.05, 3.63) is 27.2 Å². The highest BCUT2D eigenvalue weighted by molar-refractivity contribution is 9.10. The minimum absolute atomic E-state index is 0.747. The Bertz CT molecular complexity index is 411. The maximum absolute atomic E-state index is 5.58. The lowest BCUT2D eigenvalue weighted by Gasteiger charge is -2.18. The SMILES string of the molecule is COc1c(Br)c(C)cc(C)c1CC1CCNC1. The summed E-state index contributed by atoms with van der Waals surface area (Å²) >= 11 is 3.63. The molecule has 1 atom stereocenters. The third kappa shape index (κ3) is 2.66. The Morgan fingerprint density at radius 2 is 2.18 bits per heavy atom. The number of benzene rings is 1. The molecule has 1 aliphatic rings. The predicted molar refractivity (Wildman–Crippen MR) is 74.8 cm³/mol. The number of hydrogen-bond acceptors (Lipinski definition) is 2. The third-order valence-corrected chi connectivity index (χ3v) is 4.57. The van der Waals surface area contributed by atoms with E-state index in [0.717, 1.165) is 35.7 Å². The zero-order valence-corrected chi connectivity index (χ0v) is 12.4. The van der Waals surface area contributed by atoms with E-state index in [1.807, 2.05) is 0 Å². The number of ether oxygens (including phenoxy) is 1. The summed E-state index contributed by atoms with van der Waals surface area (Å²) in [4.78, 5) is 0. The molecule has 1 aromatic rings. The fourth-order valence-corrected chi connectivity index (χ4v) is 3.13. The van der Waals surface area contributed by atoms with Crippen LogP contribution in [-0.4, -0.2) is 20.2 Å². The monoisotopic (exact) mass is 297 g/mol. The van der Waals surface area contributed by atoms with Crippen molar-refractivity contribution in [3.63, 3.8) is 0 Å². The molecule has 0 radical (unpaired) electrons. The summed E-state index contributed by atoms with van der Waals surface area (Å²) in [6.07, 6.45) is 2.38. The zero-order valence-electron chi connectivity index (χ0n) is 10.8. The van der Waals surface area contributed by atoms with Gasteiger partial charge < -0.3 is 10.1 Å². The van der Waals surface area contributed by atoms with Gasteiger partial charge >= 0.3 is 0 Å². The quantitative estimate of drug-likeness (QED) is 0.925. The van der Waals surface area contributed by atoms with Crippen LogP contribution < -0.4 is 10.1 Å². The number of aryl methyl sites for hydroxylation is 2. The number of methoxy groups -OCH3 is 1. The molecule has 1 fully saturated rings. The van der Waals surface area contributed by atoms with Gasteiger partial charge in [0.15, 0.2) is 0 Å². The van der Waals surface area contributed by atoms with Crippen molar-refractivity contribution in [2.45, 2.75) is 26.7 Å². The number of nitrogens with one attached hydrogen (secondary N) is 1. The van der Waals surface area contributed by atoms with Crippen LogP contribution in [-0.2, 0) is 6.42 Å². The highest BCUT2D eigenvalue weighted by Gasteiger charge is 2.20. The fourth-order valence-electron chi connectivity index (χ4n) is 2.61. The molecule has 0 bridgehead atoms. The first-order valence-electron chi connectivity index (χ1n) is 6.16. The first-order chi connectivity index (χ1) is 8.13. The van der Waals surface area contributed by atoms with Gasteiger partial charge in [0.05, 0.1) is 11.6 Å². The number of hydrogen-bond donors (Lipinski definition) is 1. The summed E-state index contributed by atoms with van der Waals surface area (Å²) < 4.78 is 6.68. The van der Waals surface area contributed by atoms with E-state index in [-0.39, 0.29) is 0 Å².